The Morgan fingerprint density at radius 1 is 1.09 bits per heavy atom. The maximum absolute atomic E-state index is 11.4. The number of halogens is 1. The molecule has 0 aliphatic carbocycles. The molecule has 0 heterocycles. The Kier molecular flexibility index (Phi) is 5.67. The lowest BCUT2D eigenvalue weighted by Crippen LogP contribution is -2.29. The Hall–Kier alpha value is -2.20. The average molecular weight is 321 g/mol. The van der Waals surface area contributed by atoms with Crippen LogP contribution in [0.3, 0.4) is 0 Å². The van der Waals surface area contributed by atoms with Gasteiger partial charge in [-0.2, -0.15) is 0 Å². The summed E-state index contributed by atoms with van der Waals surface area (Å²) in [6, 6.07) is 13.9. The number of hydrogen-bond acceptors (Lipinski definition) is 3. The number of hydrogen-bond donors (Lipinski definition) is 1. The molecule has 22 heavy (non-hydrogen) atoms. The minimum absolute atomic E-state index is 0.268. The summed E-state index contributed by atoms with van der Waals surface area (Å²) >= 11 is 5.80. The van der Waals surface area contributed by atoms with E-state index in [0.29, 0.717) is 17.4 Å². The maximum Gasteiger partial charge on any atom is 0.345 e. The van der Waals surface area contributed by atoms with E-state index in [1.165, 1.54) is 0 Å². The van der Waals surface area contributed by atoms with E-state index < -0.39 is 12.1 Å². The van der Waals surface area contributed by atoms with Crippen LogP contribution >= 0.6 is 11.6 Å². The van der Waals surface area contributed by atoms with Gasteiger partial charge in [0.2, 0.25) is 0 Å². The minimum atomic E-state index is -1.01. The fourth-order valence-electron chi connectivity index (χ4n) is 1.96. The van der Waals surface area contributed by atoms with Gasteiger partial charge >= 0.3 is 5.97 Å². The minimum Gasteiger partial charge on any atom is -0.494 e. The molecule has 1 unspecified atom stereocenters. The van der Waals surface area contributed by atoms with E-state index in [2.05, 4.69) is 0 Å². The van der Waals surface area contributed by atoms with Crippen molar-refractivity contribution in [3.63, 3.8) is 0 Å². The summed E-state index contributed by atoms with van der Waals surface area (Å²) in [5.74, 6) is 0.225. The zero-order chi connectivity index (χ0) is 15.9. The lowest BCUT2D eigenvalue weighted by molar-refractivity contribution is -0.145. The van der Waals surface area contributed by atoms with Crippen LogP contribution in [0.15, 0.2) is 48.5 Å². The number of ether oxygens (including phenoxy) is 2. The predicted octanol–water partition coefficient (Wildman–Crippen LogP) is 3.81. The Morgan fingerprint density at radius 3 is 2.23 bits per heavy atom. The van der Waals surface area contributed by atoms with Crippen LogP contribution in [0.1, 0.15) is 12.5 Å². The van der Waals surface area contributed by atoms with Gasteiger partial charge in [0.1, 0.15) is 11.5 Å². The zero-order valence-corrected chi connectivity index (χ0v) is 12.9. The van der Waals surface area contributed by atoms with Crippen LogP contribution in [0.5, 0.6) is 11.5 Å². The van der Waals surface area contributed by atoms with E-state index in [1.807, 2.05) is 31.2 Å². The Bertz CT molecular complexity index is 608. The van der Waals surface area contributed by atoms with Crippen molar-refractivity contribution < 1.29 is 19.4 Å². The molecule has 0 bridgehead atoms. The topological polar surface area (TPSA) is 55.8 Å². The van der Waals surface area contributed by atoms with E-state index in [-0.39, 0.29) is 6.42 Å². The summed E-state index contributed by atoms with van der Waals surface area (Å²) in [5, 5.41) is 9.89. The third kappa shape index (κ3) is 4.67. The van der Waals surface area contributed by atoms with Gasteiger partial charge in [0.15, 0.2) is 6.10 Å². The quantitative estimate of drug-likeness (QED) is 0.842. The standard InChI is InChI=1S/C17H17ClO4/c1-2-21-14-7-3-12(4-8-14)11-16(17(19)20)22-15-9-5-13(18)6-10-15/h3-10,16H,2,11H2,1H3,(H,19,20). The average Bonchev–Trinajstić information content (AvgIpc) is 2.51. The van der Waals surface area contributed by atoms with Crippen molar-refractivity contribution in [1.82, 2.24) is 0 Å². The van der Waals surface area contributed by atoms with Crippen LogP contribution in [0.4, 0.5) is 0 Å². The summed E-state index contributed by atoms with van der Waals surface area (Å²) in [4.78, 5) is 11.4. The molecule has 0 amide bonds. The summed E-state index contributed by atoms with van der Waals surface area (Å²) in [5.41, 5.74) is 0.866. The van der Waals surface area contributed by atoms with Crippen LogP contribution in [0.2, 0.25) is 5.02 Å². The molecule has 0 spiro atoms. The highest BCUT2D eigenvalue weighted by atomic mass is 35.5. The van der Waals surface area contributed by atoms with Crippen LogP contribution in [-0.2, 0) is 11.2 Å². The number of aliphatic carboxylic acids is 1. The van der Waals surface area contributed by atoms with Crippen molar-refractivity contribution >= 4 is 17.6 Å². The first-order chi connectivity index (χ1) is 10.6. The number of benzene rings is 2. The van der Waals surface area contributed by atoms with Crippen molar-refractivity contribution in [3.8, 4) is 11.5 Å². The van der Waals surface area contributed by atoms with Crippen LogP contribution in [-0.4, -0.2) is 23.8 Å². The first-order valence-corrected chi connectivity index (χ1v) is 7.33. The third-order valence-corrected chi connectivity index (χ3v) is 3.27. The number of rotatable bonds is 7. The highest BCUT2D eigenvalue weighted by molar-refractivity contribution is 6.30. The molecule has 1 atom stereocenters. The van der Waals surface area contributed by atoms with Crippen molar-refractivity contribution in [2.75, 3.05) is 6.61 Å². The second kappa shape index (κ2) is 7.71. The summed E-state index contributed by atoms with van der Waals surface area (Å²) < 4.78 is 10.9. The second-order valence-electron chi connectivity index (χ2n) is 4.68. The van der Waals surface area contributed by atoms with Crippen molar-refractivity contribution in [2.24, 2.45) is 0 Å². The molecule has 116 valence electrons. The van der Waals surface area contributed by atoms with Gasteiger partial charge in [0.05, 0.1) is 6.61 Å². The van der Waals surface area contributed by atoms with Gasteiger partial charge < -0.3 is 14.6 Å². The van der Waals surface area contributed by atoms with Gasteiger partial charge in [0, 0.05) is 11.4 Å². The molecule has 1 N–H and O–H groups in total. The molecule has 0 fully saturated rings. The van der Waals surface area contributed by atoms with Gasteiger partial charge in [-0.15, -0.1) is 0 Å². The van der Waals surface area contributed by atoms with Gasteiger partial charge in [-0.25, -0.2) is 4.79 Å². The van der Waals surface area contributed by atoms with E-state index in [0.717, 1.165) is 11.3 Å². The van der Waals surface area contributed by atoms with E-state index >= 15 is 0 Å². The molecule has 2 rings (SSSR count). The summed E-state index contributed by atoms with van der Waals surface area (Å²) in [6.45, 7) is 2.51. The van der Waals surface area contributed by atoms with Gasteiger partial charge in [-0.1, -0.05) is 23.7 Å². The Morgan fingerprint density at radius 2 is 1.68 bits per heavy atom. The molecule has 5 heteroatoms. The SMILES string of the molecule is CCOc1ccc(CC(Oc2ccc(Cl)cc2)C(=O)O)cc1. The highest BCUT2D eigenvalue weighted by Crippen LogP contribution is 2.19. The van der Waals surface area contributed by atoms with E-state index in [1.54, 1.807) is 24.3 Å². The fourth-order valence-corrected chi connectivity index (χ4v) is 2.09. The van der Waals surface area contributed by atoms with Gasteiger partial charge in [0.25, 0.3) is 0 Å². The first-order valence-electron chi connectivity index (χ1n) is 6.95. The summed E-state index contributed by atoms with van der Waals surface area (Å²) in [6.07, 6.45) is -0.691. The van der Waals surface area contributed by atoms with E-state index in [9.17, 15) is 9.90 Å². The van der Waals surface area contributed by atoms with Crippen molar-refractivity contribution in [1.29, 1.82) is 0 Å². The molecule has 0 saturated carbocycles. The maximum atomic E-state index is 11.4. The smallest absolute Gasteiger partial charge is 0.345 e. The number of carboxylic acid groups (broad SMARTS) is 1. The van der Waals surface area contributed by atoms with E-state index in [4.69, 9.17) is 21.1 Å². The Labute approximate surface area is 134 Å². The Balaban J connectivity index is 2.05. The molecule has 0 aliphatic heterocycles. The molecule has 0 aliphatic rings. The molecule has 0 aromatic heterocycles. The zero-order valence-electron chi connectivity index (χ0n) is 12.2. The molecular formula is C17H17ClO4. The third-order valence-electron chi connectivity index (χ3n) is 3.02. The molecule has 2 aromatic carbocycles. The summed E-state index contributed by atoms with van der Waals surface area (Å²) in [7, 11) is 0. The number of carboxylic acids is 1. The monoisotopic (exact) mass is 320 g/mol. The van der Waals surface area contributed by atoms with Crippen LogP contribution in [0, 0.1) is 0 Å². The fraction of sp³-hybridized carbons (Fsp3) is 0.235. The molecular weight excluding hydrogens is 304 g/mol. The second-order valence-corrected chi connectivity index (χ2v) is 5.12. The molecule has 2 aromatic rings. The van der Waals surface area contributed by atoms with Crippen LogP contribution in [0.25, 0.3) is 0 Å². The van der Waals surface area contributed by atoms with Crippen molar-refractivity contribution in [2.45, 2.75) is 19.4 Å². The van der Waals surface area contributed by atoms with Crippen molar-refractivity contribution in [3.05, 3.63) is 59.1 Å². The molecule has 0 radical (unpaired) electrons. The first kappa shape index (κ1) is 16.2. The number of carbonyl (C=O) groups is 1. The predicted molar refractivity (Wildman–Crippen MR) is 84.8 cm³/mol. The molecule has 0 saturated heterocycles. The van der Waals surface area contributed by atoms with Gasteiger partial charge in [-0.05, 0) is 48.9 Å². The molecule has 4 nitrogen and oxygen atoms in total. The van der Waals surface area contributed by atoms with Gasteiger partial charge in [-0.3, -0.25) is 0 Å². The largest absolute Gasteiger partial charge is 0.494 e. The highest BCUT2D eigenvalue weighted by Gasteiger charge is 2.20. The lowest BCUT2D eigenvalue weighted by atomic mass is 10.1. The normalized spacial score (nSPS) is 11.7. The van der Waals surface area contributed by atoms with Crippen LogP contribution < -0.4 is 9.47 Å². The lowest BCUT2D eigenvalue weighted by Gasteiger charge is -2.15.